The van der Waals surface area contributed by atoms with Crippen LogP contribution in [0.3, 0.4) is 0 Å². The standard InChI is InChI=1S/C15H18N2O2/c1-19-14-6-4-13(5-7-14)12-15(18)16-8-11-17-9-2-3-10-17/h2-7,9-10H,8,11-12H2,1H3,(H,16,18). The molecule has 19 heavy (non-hydrogen) atoms. The monoisotopic (exact) mass is 258 g/mol. The Morgan fingerprint density at radius 3 is 2.53 bits per heavy atom. The lowest BCUT2D eigenvalue weighted by Gasteiger charge is -2.07. The van der Waals surface area contributed by atoms with E-state index in [1.165, 1.54) is 0 Å². The summed E-state index contributed by atoms with van der Waals surface area (Å²) in [6.45, 7) is 1.44. The van der Waals surface area contributed by atoms with Gasteiger partial charge < -0.3 is 14.6 Å². The van der Waals surface area contributed by atoms with Crippen LogP contribution < -0.4 is 10.1 Å². The first-order chi connectivity index (χ1) is 9.28. The van der Waals surface area contributed by atoms with Gasteiger partial charge in [0.05, 0.1) is 13.5 Å². The van der Waals surface area contributed by atoms with Crippen molar-refractivity contribution in [2.75, 3.05) is 13.7 Å². The van der Waals surface area contributed by atoms with Gasteiger partial charge in [0.15, 0.2) is 0 Å². The molecule has 0 bridgehead atoms. The summed E-state index contributed by atoms with van der Waals surface area (Å²) in [7, 11) is 1.63. The number of amides is 1. The van der Waals surface area contributed by atoms with Crippen LogP contribution in [-0.4, -0.2) is 24.1 Å². The van der Waals surface area contributed by atoms with E-state index in [1.807, 2.05) is 53.4 Å². The third-order valence-electron chi connectivity index (χ3n) is 2.88. The summed E-state index contributed by atoms with van der Waals surface area (Å²) in [6, 6.07) is 11.5. The number of nitrogens with one attached hydrogen (secondary N) is 1. The van der Waals surface area contributed by atoms with Crippen LogP contribution in [0.1, 0.15) is 5.56 Å². The minimum Gasteiger partial charge on any atom is -0.497 e. The van der Waals surface area contributed by atoms with Crippen LogP contribution >= 0.6 is 0 Å². The van der Waals surface area contributed by atoms with E-state index >= 15 is 0 Å². The smallest absolute Gasteiger partial charge is 0.224 e. The van der Waals surface area contributed by atoms with Gasteiger partial charge in [-0.25, -0.2) is 0 Å². The Kier molecular flexibility index (Phi) is 4.61. The molecule has 0 aliphatic carbocycles. The summed E-state index contributed by atoms with van der Waals surface area (Å²) < 4.78 is 7.11. The van der Waals surface area contributed by atoms with E-state index in [-0.39, 0.29) is 5.91 Å². The van der Waals surface area contributed by atoms with Gasteiger partial charge in [0.25, 0.3) is 0 Å². The molecule has 0 aliphatic rings. The SMILES string of the molecule is COc1ccc(CC(=O)NCCn2cccc2)cc1. The first kappa shape index (κ1) is 13.2. The average Bonchev–Trinajstić information content (AvgIpc) is 2.93. The maximum absolute atomic E-state index is 11.7. The molecule has 0 spiro atoms. The van der Waals surface area contributed by atoms with Gasteiger partial charge in [0, 0.05) is 25.5 Å². The number of rotatable bonds is 6. The summed E-state index contributed by atoms with van der Waals surface area (Å²) in [4.78, 5) is 11.7. The van der Waals surface area contributed by atoms with E-state index in [2.05, 4.69) is 5.32 Å². The molecule has 100 valence electrons. The number of benzene rings is 1. The lowest BCUT2D eigenvalue weighted by molar-refractivity contribution is -0.120. The van der Waals surface area contributed by atoms with Gasteiger partial charge >= 0.3 is 0 Å². The summed E-state index contributed by atoms with van der Waals surface area (Å²) in [5.74, 6) is 0.842. The van der Waals surface area contributed by atoms with Crippen molar-refractivity contribution in [3.63, 3.8) is 0 Å². The minimum atomic E-state index is 0.0392. The van der Waals surface area contributed by atoms with Crippen LogP contribution in [0.4, 0.5) is 0 Å². The number of aromatic nitrogens is 1. The molecule has 1 N–H and O–H groups in total. The van der Waals surface area contributed by atoms with Crippen LogP contribution in [0.15, 0.2) is 48.8 Å². The number of nitrogens with zero attached hydrogens (tertiary/aromatic N) is 1. The van der Waals surface area contributed by atoms with Crippen molar-refractivity contribution in [2.24, 2.45) is 0 Å². The Bertz CT molecular complexity index is 503. The van der Waals surface area contributed by atoms with Crippen LogP contribution in [0.5, 0.6) is 5.75 Å². The summed E-state index contributed by atoms with van der Waals surface area (Å²) >= 11 is 0. The third-order valence-corrected chi connectivity index (χ3v) is 2.88. The molecule has 4 nitrogen and oxygen atoms in total. The molecule has 2 rings (SSSR count). The van der Waals surface area contributed by atoms with E-state index in [0.717, 1.165) is 17.9 Å². The average molecular weight is 258 g/mol. The lowest BCUT2D eigenvalue weighted by Crippen LogP contribution is -2.28. The molecule has 0 unspecified atom stereocenters. The number of hydrogen-bond donors (Lipinski definition) is 1. The molecule has 0 atom stereocenters. The van der Waals surface area contributed by atoms with E-state index in [4.69, 9.17) is 4.74 Å². The van der Waals surface area contributed by atoms with Gasteiger partial charge in [-0.15, -0.1) is 0 Å². The van der Waals surface area contributed by atoms with E-state index in [1.54, 1.807) is 7.11 Å². The molecular weight excluding hydrogens is 240 g/mol. The van der Waals surface area contributed by atoms with Crippen LogP contribution in [0, 0.1) is 0 Å². The Hall–Kier alpha value is -2.23. The first-order valence-electron chi connectivity index (χ1n) is 6.28. The Morgan fingerprint density at radius 1 is 1.21 bits per heavy atom. The molecule has 1 aromatic heterocycles. The van der Waals surface area contributed by atoms with Gasteiger partial charge in [0.1, 0.15) is 5.75 Å². The van der Waals surface area contributed by atoms with Crippen molar-refractivity contribution in [3.8, 4) is 5.75 Å². The fourth-order valence-electron chi connectivity index (χ4n) is 1.83. The minimum absolute atomic E-state index is 0.0392. The molecule has 1 amide bonds. The molecule has 0 radical (unpaired) electrons. The topological polar surface area (TPSA) is 43.3 Å². The summed E-state index contributed by atoms with van der Waals surface area (Å²) in [5.41, 5.74) is 0.985. The van der Waals surface area contributed by atoms with Crippen LogP contribution in [0.2, 0.25) is 0 Å². The Balaban J connectivity index is 1.74. The highest BCUT2D eigenvalue weighted by Gasteiger charge is 2.03. The second-order valence-electron chi connectivity index (χ2n) is 4.30. The van der Waals surface area contributed by atoms with Crippen molar-refractivity contribution in [2.45, 2.75) is 13.0 Å². The molecule has 4 heteroatoms. The predicted molar refractivity (Wildman–Crippen MR) is 74.1 cm³/mol. The second kappa shape index (κ2) is 6.64. The zero-order valence-electron chi connectivity index (χ0n) is 11.0. The highest BCUT2D eigenvalue weighted by molar-refractivity contribution is 5.78. The normalized spacial score (nSPS) is 10.2. The molecule has 0 aliphatic heterocycles. The first-order valence-corrected chi connectivity index (χ1v) is 6.28. The van der Waals surface area contributed by atoms with Gasteiger partial charge in [-0.05, 0) is 29.8 Å². The molecule has 1 heterocycles. The van der Waals surface area contributed by atoms with E-state index in [9.17, 15) is 4.79 Å². The zero-order valence-corrected chi connectivity index (χ0v) is 11.0. The Labute approximate surface area is 113 Å². The molecule has 0 saturated heterocycles. The number of methoxy groups -OCH3 is 1. The summed E-state index contributed by atoms with van der Waals surface area (Å²) in [5, 5.41) is 2.91. The van der Waals surface area contributed by atoms with Gasteiger partial charge in [0.2, 0.25) is 5.91 Å². The second-order valence-corrected chi connectivity index (χ2v) is 4.30. The van der Waals surface area contributed by atoms with Crippen molar-refractivity contribution >= 4 is 5.91 Å². The van der Waals surface area contributed by atoms with Crippen LogP contribution in [0.25, 0.3) is 0 Å². The largest absolute Gasteiger partial charge is 0.497 e. The Morgan fingerprint density at radius 2 is 1.89 bits per heavy atom. The van der Waals surface area contributed by atoms with E-state index < -0.39 is 0 Å². The number of hydrogen-bond acceptors (Lipinski definition) is 2. The van der Waals surface area contributed by atoms with Crippen molar-refractivity contribution in [3.05, 3.63) is 54.4 Å². The highest BCUT2D eigenvalue weighted by atomic mass is 16.5. The molecular formula is C15H18N2O2. The fourth-order valence-corrected chi connectivity index (χ4v) is 1.83. The summed E-state index contributed by atoms with van der Waals surface area (Å²) in [6.07, 6.45) is 4.36. The maximum atomic E-state index is 11.7. The molecule has 1 aromatic carbocycles. The van der Waals surface area contributed by atoms with Gasteiger partial charge in [-0.3, -0.25) is 4.79 Å². The molecule has 0 saturated carbocycles. The van der Waals surface area contributed by atoms with Crippen molar-refractivity contribution in [1.29, 1.82) is 0 Å². The van der Waals surface area contributed by atoms with Crippen LogP contribution in [-0.2, 0) is 17.8 Å². The zero-order chi connectivity index (χ0) is 13.5. The van der Waals surface area contributed by atoms with Gasteiger partial charge in [-0.1, -0.05) is 12.1 Å². The lowest BCUT2D eigenvalue weighted by atomic mass is 10.1. The maximum Gasteiger partial charge on any atom is 0.224 e. The number of carbonyl (C=O) groups is 1. The number of carbonyl (C=O) groups excluding carboxylic acids is 1. The number of ether oxygens (including phenoxy) is 1. The quantitative estimate of drug-likeness (QED) is 0.859. The molecule has 2 aromatic rings. The third kappa shape index (κ3) is 4.17. The predicted octanol–water partition coefficient (Wildman–Crippen LogP) is 1.86. The highest BCUT2D eigenvalue weighted by Crippen LogP contribution is 2.11. The van der Waals surface area contributed by atoms with E-state index in [0.29, 0.717) is 13.0 Å². The van der Waals surface area contributed by atoms with Crippen molar-refractivity contribution < 1.29 is 9.53 Å². The molecule has 0 fully saturated rings. The fraction of sp³-hybridized carbons (Fsp3) is 0.267. The van der Waals surface area contributed by atoms with Gasteiger partial charge in [-0.2, -0.15) is 0 Å². The van der Waals surface area contributed by atoms with Crippen molar-refractivity contribution in [1.82, 2.24) is 9.88 Å².